The van der Waals surface area contributed by atoms with Crippen molar-refractivity contribution in [3.8, 4) is 6.07 Å². The summed E-state index contributed by atoms with van der Waals surface area (Å²) < 4.78 is 5.55. The van der Waals surface area contributed by atoms with E-state index in [1.807, 2.05) is 32.6 Å². The largest absolute Gasteiger partial charge is 0.402 e. The van der Waals surface area contributed by atoms with E-state index < -0.39 is 14.4 Å². The van der Waals surface area contributed by atoms with Crippen LogP contribution in [-0.4, -0.2) is 26.9 Å². The molecule has 5 heteroatoms. The van der Waals surface area contributed by atoms with E-state index in [4.69, 9.17) is 9.69 Å². The molecule has 0 aliphatic rings. The average molecular weight is 228 g/mol. The molecule has 1 atom stereocenters. The van der Waals surface area contributed by atoms with Crippen molar-refractivity contribution in [2.75, 3.05) is 6.54 Å². The first-order valence-electron chi connectivity index (χ1n) is 5.23. The van der Waals surface area contributed by atoms with Crippen LogP contribution < -0.4 is 5.32 Å². The van der Waals surface area contributed by atoms with E-state index in [0.717, 1.165) is 6.42 Å². The van der Waals surface area contributed by atoms with Gasteiger partial charge in [-0.15, -0.1) is 0 Å². The smallest absolute Gasteiger partial charge is 0.223 e. The molecule has 0 saturated carbocycles. The summed E-state index contributed by atoms with van der Waals surface area (Å²) in [4.78, 5) is 11.3. The zero-order valence-electron chi connectivity index (χ0n) is 9.96. The lowest BCUT2D eigenvalue weighted by Gasteiger charge is -2.21. The van der Waals surface area contributed by atoms with Crippen molar-refractivity contribution in [2.24, 2.45) is 0 Å². The fourth-order valence-corrected chi connectivity index (χ4v) is 2.04. The molecule has 0 aromatic rings. The van der Waals surface area contributed by atoms with Crippen molar-refractivity contribution >= 4 is 14.2 Å². The number of nitrogens with zero attached hydrogens (tertiary/aromatic N) is 1. The van der Waals surface area contributed by atoms with Crippen molar-refractivity contribution in [2.45, 2.75) is 45.5 Å². The van der Waals surface area contributed by atoms with Crippen molar-refractivity contribution < 1.29 is 9.22 Å². The maximum Gasteiger partial charge on any atom is 0.223 e. The summed E-state index contributed by atoms with van der Waals surface area (Å²) in [7, 11) is -1.74. The molecule has 15 heavy (non-hydrogen) atoms. The van der Waals surface area contributed by atoms with E-state index in [1.165, 1.54) is 0 Å². The van der Waals surface area contributed by atoms with Gasteiger partial charge in [-0.1, -0.05) is 6.92 Å². The summed E-state index contributed by atoms with van der Waals surface area (Å²) in [5.41, 5.74) is 0. The van der Waals surface area contributed by atoms with Gasteiger partial charge in [-0.3, -0.25) is 4.79 Å². The van der Waals surface area contributed by atoms with Gasteiger partial charge in [0.15, 0.2) is 8.32 Å². The third-order valence-corrected chi connectivity index (χ3v) is 2.57. The first kappa shape index (κ1) is 14.1. The Balaban J connectivity index is 4.01. The first-order chi connectivity index (χ1) is 6.89. The van der Waals surface area contributed by atoms with Gasteiger partial charge in [0, 0.05) is 6.54 Å². The second kappa shape index (κ2) is 6.59. The SMILES string of the molecule is CCCNC(=O)CC(C#N)O[Si](C)(C)C. The Morgan fingerprint density at radius 2 is 2.13 bits per heavy atom. The number of hydrogen-bond donors (Lipinski definition) is 1. The van der Waals surface area contributed by atoms with Gasteiger partial charge in [0.05, 0.1) is 12.5 Å². The van der Waals surface area contributed by atoms with Crippen molar-refractivity contribution in [3.05, 3.63) is 0 Å². The number of nitrogens with one attached hydrogen (secondary N) is 1. The molecule has 0 heterocycles. The second-order valence-corrected chi connectivity index (χ2v) is 8.86. The van der Waals surface area contributed by atoms with Crippen molar-refractivity contribution in [3.63, 3.8) is 0 Å². The van der Waals surface area contributed by atoms with Crippen LogP contribution in [0, 0.1) is 11.3 Å². The Bertz CT molecular complexity index is 243. The fourth-order valence-electron chi connectivity index (χ4n) is 1.05. The Kier molecular flexibility index (Phi) is 6.21. The lowest BCUT2D eigenvalue weighted by atomic mass is 10.2. The highest BCUT2D eigenvalue weighted by Crippen LogP contribution is 2.09. The number of carbonyl (C=O) groups excluding carboxylic acids is 1. The molecule has 0 radical (unpaired) electrons. The Morgan fingerprint density at radius 1 is 1.53 bits per heavy atom. The average Bonchev–Trinajstić information content (AvgIpc) is 2.11. The molecule has 0 aliphatic heterocycles. The van der Waals surface area contributed by atoms with Crippen LogP contribution in [0.25, 0.3) is 0 Å². The summed E-state index contributed by atoms with van der Waals surface area (Å²) in [6.45, 7) is 8.65. The first-order valence-corrected chi connectivity index (χ1v) is 8.64. The normalized spacial score (nSPS) is 13.0. The van der Waals surface area contributed by atoms with Gasteiger partial charge >= 0.3 is 0 Å². The highest BCUT2D eigenvalue weighted by atomic mass is 28.4. The van der Waals surface area contributed by atoms with Crippen LogP contribution in [0.15, 0.2) is 0 Å². The summed E-state index contributed by atoms with van der Waals surface area (Å²) in [6.07, 6.45) is 0.437. The van der Waals surface area contributed by atoms with Crippen molar-refractivity contribution in [1.82, 2.24) is 5.32 Å². The van der Waals surface area contributed by atoms with E-state index in [2.05, 4.69) is 5.32 Å². The molecule has 0 aromatic carbocycles. The van der Waals surface area contributed by atoms with E-state index in [0.29, 0.717) is 6.54 Å². The molecular weight excluding hydrogens is 208 g/mol. The van der Waals surface area contributed by atoms with Gasteiger partial charge in [-0.2, -0.15) is 5.26 Å². The number of rotatable bonds is 6. The van der Waals surface area contributed by atoms with Crippen molar-refractivity contribution in [1.29, 1.82) is 5.26 Å². The van der Waals surface area contributed by atoms with Crippen LogP contribution in [0.1, 0.15) is 19.8 Å². The molecule has 1 N–H and O–H groups in total. The molecule has 4 nitrogen and oxygen atoms in total. The van der Waals surface area contributed by atoms with Gasteiger partial charge in [0.2, 0.25) is 5.91 Å². The van der Waals surface area contributed by atoms with Crippen LogP contribution in [0.2, 0.25) is 19.6 Å². The van der Waals surface area contributed by atoms with E-state index in [-0.39, 0.29) is 12.3 Å². The Labute approximate surface area is 92.7 Å². The summed E-state index contributed by atoms with van der Waals surface area (Å²) >= 11 is 0. The molecule has 1 amide bonds. The Morgan fingerprint density at radius 3 is 2.53 bits per heavy atom. The van der Waals surface area contributed by atoms with Crippen LogP contribution in [0.3, 0.4) is 0 Å². The van der Waals surface area contributed by atoms with E-state index in [1.54, 1.807) is 0 Å². The minimum absolute atomic E-state index is 0.110. The van der Waals surface area contributed by atoms with Gasteiger partial charge in [-0.25, -0.2) is 0 Å². The summed E-state index contributed by atoms with van der Waals surface area (Å²) in [5, 5.41) is 11.6. The molecule has 0 aromatic heterocycles. The number of amides is 1. The molecule has 0 spiro atoms. The minimum Gasteiger partial charge on any atom is -0.402 e. The molecule has 0 fully saturated rings. The lowest BCUT2D eigenvalue weighted by molar-refractivity contribution is -0.122. The highest BCUT2D eigenvalue weighted by Gasteiger charge is 2.22. The van der Waals surface area contributed by atoms with Crippen LogP contribution in [-0.2, 0) is 9.22 Å². The van der Waals surface area contributed by atoms with Crippen LogP contribution in [0.4, 0.5) is 0 Å². The molecule has 0 rings (SSSR count). The third-order valence-electron chi connectivity index (χ3n) is 1.58. The van der Waals surface area contributed by atoms with Gasteiger partial charge < -0.3 is 9.74 Å². The van der Waals surface area contributed by atoms with Gasteiger partial charge in [0.1, 0.15) is 6.10 Å². The predicted molar refractivity (Wildman–Crippen MR) is 61.7 cm³/mol. The maximum atomic E-state index is 11.3. The standard InChI is InChI=1S/C10H20N2O2Si/c1-5-6-12-10(13)7-9(8-11)14-15(2,3)4/h9H,5-7H2,1-4H3,(H,12,13). The zero-order valence-corrected chi connectivity index (χ0v) is 11.0. The predicted octanol–water partition coefficient (Wildman–Crippen LogP) is 1.65. The number of carbonyl (C=O) groups is 1. The highest BCUT2D eigenvalue weighted by molar-refractivity contribution is 6.69. The molecule has 0 bridgehead atoms. The quantitative estimate of drug-likeness (QED) is 0.703. The van der Waals surface area contributed by atoms with Gasteiger partial charge in [0.25, 0.3) is 0 Å². The summed E-state index contributed by atoms with van der Waals surface area (Å²) in [5.74, 6) is -0.110. The molecule has 0 saturated heterocycles. The fraction of sp³-hybridized carbons (Fsp3) is 0.800. The lowest BCUT2D eigenvalue weighted by Crippen LogP contribution is -2.35. The van der Waals surface area contributed by atoms with E-state index >= 15 is 0 Å². The minimum atomic E-state index is -1.74. The molecular formula is C10H20N2O2Si. The topological polar surface area (TPSA) is 62.1 Å². The maximum absolute atomic E-state index is 11.3. The number of hydrogen-bond acceptors (Lipinski definition) is 3. The zero-order chi connectivity index (χ0) is 11.9. The monoisotopic (exact) mass is 228 g/mol. The van der Waals surface area contributed by atoms with Crippen LogP contribution >= 0.6 is 0 Å². The van der Waals surface area contributed by atoms with Gasteiger partial charge in [-0.05, 0) is 26.1 Å². The van der Waals surface area contributed by atoms with E-state index in [9.17, 15) is 4.79 Å². The molecule has 1 unspecified atom stereocenters. The third kappa shape index (κ3) is 8.15. The Hall–Kier alpha value is -0.863. The molecule has 0 aliphatic carbocycles. The molecule has 86 valence electrons. The number of nitriles is 1. The van der Waals surface area contributed by atoms with Crippen LogP contribution in [0.5, 0.6) is 0 Å². The second-order valence-electron chi connectivity index (χ2n) is 4.40. The summed E-state index contributed by atoms with van der Waals surface area (Å²) in [6, 6.07) is 2.02.